The molecule has 2 heterocycles. The van der Waals surface area contributed by atoms with Crippen LogP contribution < -0.4 is 10.9 Å². The van der Waals surface area contributed by atoms with Gasteiger partial charge in [0.2, 0.25) is 5.56 Å². The number of pyridine rings is 2. The number of carbonyl (C=O) groups is 1. The first-order valence-electron chi connectivity index (χ1n) is 8.13. The molecule has 2 aromatic heterocycles. The third-order valence-electron chi connectivity index (χ3n) is 4.25. The third kappa shape index (κ3) is 3.69. The number of halogens is 1. The van der Waals surface area contributed by atoms with E-state index in [0.717, 1.165) is 16.7 Å². The summed E-state index contributed by atoms with van der Waals surface area (Å²) in [6, 6.07) is 10.4. The van der Waals surface area contributed by atoms with E-state index < -0.39 is 17.8 Å². The molecule has 1 atom stereocenters. The molecule has 0 radical (unpaired) electrons. The predicted octanol–water partition coefficient (Wildman–Crippen LogP) is 3.05. The number of hydrogen-bond acceptors (Lipinski definition) is 3. The zero-order chi connectivity index (χ0) is 18.7. The van der Waals surface area contributed by atoms with Gasteiger partial charge in [0.25, 0.3) is 5.91 Å². The van der Waals surface area contributed by atoms with Crippen LogP contribution in [-0.4, -0.2) is 15.9 Å². The number of benzene rings is 1. The molecule has 0 bridgehead atoms. The number of nitrogens with zero attached hydrogens (tertiary/aromatic N) is 1. The van der Waals surface area contributed by atoms with E-state index >= 15 is 0 Å². The number of nitrogens with one attached hydrogen (secondary N) is 2. The fraction of sp³-hybridized carbons (Fsp3) is 0.150. The van der Waals surface area contributed by atoms with Gasteiger partial charge in [0.1, 0.15) is 11.5 Å². The number of H-pyrrole nitrogens is 1. The lowest BCUT2D eigenvalue weighted by Gasteiger charge is -2.20. The Hall–Kier alpha value is -3.28. The largest absolute Gasteiger partial charge is 0.339 e. The van der Waals surface area contributed by atoms with Crippen molar-refractivity contribution in [2.24, 2.45) is 0 Å². The average molecular weight is 351 g/mol. The van der Waals surface area contributed by atoms with Crippen LogP contribution in [0.5, 0.6) is 0 Å². The molecular formula is C20H18FN3O2. The van der Waals surface area contributed by atoms with E-state index in [1.807, 2.05) is 32.0 Å². The third-order valence-corrected chi connectivity index (χ3v) is 4.25. The van der Waals surface area contributed by atoms with Gasteiger partial charge in [0.05, 0.1) is 11.6 Å². The maximum atomic E-state index is 14.3. The minimum atomic E-state index is -0.755. The molecule has 0 aliphatic heterocycles. The molecule has 3 aromatic rings. The second kappa shape index (κ2) is 7.31. The fourth-order valence-corrected chi connectivity index (χ4v) is 2.63. The standard InChI is InChI=1S/C20H18FN3O2/c1-12-5-6-14(10-13(12)2)18(19-16(21)4-3-9-22-19)24-20(26)15-7-8-17(25)23-11-15/h3-11,18H,1-2H3,(H,23,25)(H,24,26). The predicted molar refractivity (Wildman–Crippen MR) is 96.5 cm³/mol. The summed E-state index contributed by atoms with van der Waals surface area (Å²) in [4.78, 5) is 30.3. The fourth-order valence-electron chi connectivity index (χ4n) is 2.63. The summed E-state index contributed by atoms with van der Waals surface area (Å²) in [5.41, 5.74) is 2.96. The van der Waals surface area contributed by atoms with Gasteiger partial charge in [-0.15, -0.1) is 0 Å². The molecule has 0 spiro atoms. The van der Waals surface area contributed by atoms with E-state index in [2.05, 4.69) is 15.3 Å². The van der Waals surface area contributed by atoms with E-state index in [4.69, 9.17) is 0 Å². The Labute approximate surface area is 149 Å². The first kappa shape index (κ1) is 17.5. The van der Waals surface area contributed by atoms with Gasteiger partial charge in [-0.2, -0.15) is 0 Å². The van der Waals surface area contributed by atoms with Crippen LogP contribution in [0.2, 0.25) is 0 Å². The van der Waals surface area contributed by atoms with Crippen LogP contribution in [0.4, 0.5) is 4.39 Å². The highest BCUT2D eigenvalue weighted by atomic mass is 19.1. The topological polar surface area (TPSA) is 74.8 Å². The van der Waals surface area contributed by atoms with Crippen molar-refractivity contribution in [1.82, 2.24) is 15.3 Å². The second-order valence-electron chi connectivity index (χ2n) is 6.06. The Bertz CT molecular complexity index is 993. The smallest absolute Gasteiger partial charge is 0.253 e. The van der Waals surface area contributed by atoms with Gasteiger partial charge in [0.15, 0.2) is 0 Å². The minimum absolute atomic E-state index is 0.133. The molecule has 1 unspecified atom stereocenters. The summed E-state index contributed by atoms with van der Waals surface area (Å²) >= 11 is 0. The van der Waals surface area contributed by atoms with Crippen molar-refractivity contribution in [3.8, 4) is 0 Å². The van der Waals surface area contributed by atoms with Gasteiger partial charge < -0.3 is 10.3 Å². The molecule has 0 aliphatic rings. The first-order valence-corrected chi connectivity index (χ1v) is 8.13. The van der Waals surface area contributed by atoms with Crippen LogP contribution in [0.25, 0.3) is 0 Å². The van der Waals surface area contributed by atoms with Crippen LogP contribution >= 0.6 is 0 Å². The zero-order valence-electron chi connectivity index (χ0n) is 14.4. The van der Waals surface area contributed by atoms with Crippen molar-refractivity contribution >= 4 is 5.91 Å². The van der Waals surface area contributed by atoms with Crippen molar-refractivity contribution < 1.29 is 9.18 Å². The van der Waals surface area contributed by atoms with Crippen LogP contribution in [-0.2, 0) is 0 Å². The van der Waals surface area contributed by atoms with Gasteiger partial charge in [-0.1, -0.05) is 18.2 Å². The minimum Gasteiger partial charge on any atom is -0.339 e. The Kier molecular flexibility index (Phi) is 4.93. The Morgan fingerprint density at radius 3 is 2.62 bits per heavy atom. The molecular weight excluding hydrogens is 333 g/mol. The average Bonchev–Trinajstić information content (AvgIpc) is 2.63. The van der Waals surface area contributed by atoms with E-state index in [9.17, 15) is 14.0 Å². The highest BCUT2D eigenvalue weighted by Gasteiger charge is 2.22. The summed E-state index contributed by atoms with van der Waals surface area (Å²) in [6.45, 7) is 3.93. The Balaban J connectivity index is 2.01. The van der Waals surface area contributed by atoms with Crippen LogP contribution in [0.15, 0.2) is 59.7 Å². The summed E-state index contributed by atoms with van der Waals surface area (Å²) < 4.78 is 14.3. The molecule has 6 heteroatoms. The first-order chi connectivity index (χ1) is 12.5. The van der Waals surface area contributed by atoms with E-state index in [-0.39, 0.29) is 16.8 Å². The van der Waals surface area contributed by atoms with Crippen molar-refractivity contribution in [3.63, 3.8) is 0 Å². The summed E-state index contributed by atoms with van der Waals surface area (Å²) in [5, 5.41) is 2.81. The quantitative estimate of drug-likeness (QED) is 0.759. The number of aromatic nitrogens is 2. The molecule has 132 valence electrons. The lowest BCUT2D eigenvalue weighted by Crippen LogP contribution is -2.31. The van der Waals surface area contributed by atoms with Gasteiger partial charge in [-0.05, 0) is 48.7 Å². The number of carbonyl (C=O) groups excluding carboxylic acids is 1. The number of amides is 1. The zero-order valence-corrected chi connectivity index (χ0v) is 14.4. The molecule has 1 amide bonds. The van der Waals surface area contributed by atoms with E-state index in [1.54, 1.807) is 0 Å². The van der Waals surface area contributed by atoms with Crippen molar-refractivity contribution in [2.45, 2.75) is 19.9 Å². The number of aromatic amines is 1. The van der Waals surface area contributed by atoms with Crippen molar-refractivity contribution in [2.75, 3.05) is 0 Å². The lowest BCUT2D eigenvalue weighted by atomic mass is 9.98. The van der Waals surface area contributed by atoms with Gasteiger partial charge in [-0.25, -0.2) is 4.39 Å². The SMILES string of the molecule is Cc1ccc(C(NC(=O)c2ccc(=O)[nH]c2)c2ncccc2F)cc1C. The van der Waals surface area contributed by atoms with Gasteiger partial charge >= 0.3 is 0 Å². The molecule has 5 nitrogen and oxygen atoms in total. The highest BCUT2D eigenvalue weighted by Crippen LogP contribution is 2.25. The summed E-state index contributed by atoms with van der Waals surface area (Å²) in [7, 11) is 0. The summed E-state index contributed by atoms with van der Waals surface area (Å²) in [6.07, 6.45) is 2.81. The Morgan fingerprint density at radius 1 is 1.15 bits per heavy atom. The number of aryl methyl sites for hydroxylation is 2. The normalized spacial score (nSPS) is 11.8. The Morgan fingerprint density at radius 2 is 1.96 bits per heavy atom. The van der Waals surface area contributed by atoms with Crippen LogP contribution in [0.3, 0.4) is 0 Å². The maximum Gasteiger partial charge on any atom is 0.253 e. The molecule has 0 aliphatic carbocycles. The van der Waals surface area contributed by atoms with E-state index in [1.165, 1.54) is 36.7 Å². The van der Waals surface area contributed by atoms with Crippen LogP contribution in [0, 0.1) is 19.7 Å². The molecule has 0 saturated carbocycles. The van der Waals surface area contributed by atoms with Gasteiger partial charge in [0, 0.05) is 18.5 Å². The second-order valence-corrected chi connectivity index (χ2v) is 6.06. The molecule has 2 N–H and O–H groups in total. The monoisotopic (exact) mass is 351 g/mol. The van der Waals surface area contributed by atoms with Crippen LogP contribution in [0.1, 0.15) is 38.8 Å². The number of rotatable bonds is 4. The lowest BCUT2D eigenvalue weighted by molar-refractivity contribution is 0.0941. The maximum absolute atomic E-state index is 14.3. The number of hydrogen-bond donors (Lipinski definition) is 2. The summed E-state index contributed by atoms with van der Waals surface area (Å²) in [5.74, 6) is -0.938. The van der Waals surface area contributed by atoms with E-state index in [0.29, 0.717) is 0 Å². The van der Waals surface area contributed by atoms with Gasteiger partial charge in [-0.3, -0.25) is 14.6 Å². The molecule has 3 rings (SSSR count). The molecule has 26 heavy (non-hydrogen) atoms. The van der Waals surface area contributed by atoms with Crippen molar-refractivity contribution in [3.05, 3.63) is 99.0 Å². The molecule has 0 fully saturated rings. The van der Waals surface area contributed by atoms with Crippen molar-refractivity contribution in [1.29, 1.82) is 0 Å². The highest BCUT2D eigenvalue weighted by molar-refractivity contribution is 5.94. The molecule has 1 aromatic carbocycles. The molecule has 0 saturated heterocycles.